The predicted molar refractivity (Wildman–Crippen MR) is 110 cm³/mol. The van der Waals surface area contributed by atoms with E-state index in [0.29, 0.717) is 17.0 Å². The van der Waals surface area contributed by atoms with Crippen LogP contribution in [0.1, 0.15) is 44.6 Å². The molecule has 11 nitrogen and oxygen atoms in total. The zero-order valence-corrected chi connectivity index (χ0v) is 18.4. The van der Waals surface area contributed by atoms with Crippen LogP contribution in [0.25, 0.3) is 5.57 Å². The number of anilines is 1. The molecule has 0 aliphatic carbocycles. The third-order valence-corrected chi connectivity index (χ3v) is 5.40. The fraction of sp³-hybridized carbons (Fsp3) is 0.471. The summed E-state index contributed by atoms with van der Waals surface area (Å²) in [4.78, 5) is 0. The van der Waals surface area contributed by atoms with Crippen molar-refractivity contribution in [2.75, 3.05) is 18.8 Å². The average Bonchev–Trinajstić information content (AvgIpc) is 3.14. The Morgan fingerprint density at radius 1 is 1.34 bits per heavy atom. The van der Waals surface area contributed by atoms with Crippen LogP contribution >= 0.6 is 0 Å². The number of aromatic amines is 1. The van der Waals surface area contributed by atoms with Crippen molar-refractivity contribution in [1.29, 1.82) is 5.26 Å². The second kappa shape index (κ2) is 7.76. The molecule has 156 valence electrons. The Morgan fingerprint density at radius 2 is 1.97 bits per heavy atom. The van der Waals surface area contributed by atoms with Crippen LogP contribution in [0.2, 0.25) is 0 Å². The average molecular weight is 420 g/mol. The van der Waals surface area contributed by atoms with Crippen LogP contribution in [0.4, 0.5) is 17.3 Å². The molecular formula is C17H25N9O2S. The van der Waals surface area contributed by atoms with Gasteiger partial charge in [-0.1, -0.05) is 27.4 Å². The molecule has 0 saturated heterocycles. The molecule has 0 spiro atoms. The molecule has 0 bridgehead atoms. The first-order chi connectivity index (χ1) is 13.3. The fourth-order valence-corrected chi connectivity index (χ4v) is 3.03. The van der Waals surface area contributed by atoms with Gasteiger partial charge in [-0.05, 0) is 12.5 Å². The number of nitrogens with zero attached hydrogens (tertiary/aromatic N) is 7. The lowest BCUT2D eigenvalue weighted by molar-refractivity contribution is 0.526. The van der Waals surface area contributed by atoms with E-state index >= 15 is 0 Å². The van der Waals surface area contributed by atoms with Gasteiger partial charge >= 0.3 is 10.2 Å². The number of nitriles is 1. The summed E-state index contributed by atoms with van der Waals surface area (Å²) in [5.74, 6) is 0.223. The zero-order valence-electron chi connectivity index (χ0n) is 17.6. The van der Waals surface area contributed by atoms with E-state index in [9.17, 15) is 13.7 Å². The number of nitrogens with one attached hydrogen (secondary N) is 2. The normalized spacial score (nSPS) is 12.5. The van der Waals surface area contributed by atoms with Crippen molar-refractivity contribution in [3.8, 4) is 6.07 Å². The molecular weight excluding hydrogens is 394 g/mol. The van der Waals surface area contributed by atoms with Crippen molar-refractivity contribution in [1.82, 2.24) is 24.3 Å². The molecule has 0 radical (unpaired) electrons. The number of rotatable bonds is 6. The van der Waals surface area contributed by atoms with Crippen LogP contribution in [0.15, 0.2) is 16.8 Å². The van der Waals surface area contributed by atoms with Crippen molar-refractivity contribution in [3.05, 3.63) is 23.5 Å². The summed E-state index contributed by atoms with van der Waals surface area (Å²) in [5, 5.41) is 29.0. The molecule has 29 heavy (non-hydrogen) atoms. The van der Waals surface area contributed by atoms with Gasteiger partial charge in [0.2, 0.25) is 5.82 Å². The van der Waals surface area contributed by atoms with Gasteiger partial charge in [-0.3, -0.25) is 9.82 Å². The Kier molecular flexibility index (Phi) is 5.96. The molecule has 2 N–H and O–H groups in total. The lowest BCUT2D eigenvalue weighted by Gasteiger charge is -2.15. The molecule has 2 aromatic rings. The second-order valence-electron chi connectivity index (χ2n) is 7.70. The van der Waals surface area contributed by atoms with Crippen molar-refractivity contribution >= 4 is 33.1 Å². The molecule has 2 aromatic heterocycles. The molecule has 0 aliphatic heterocycles. The maximum Gasteiger partial charge on any atom is 0.302 e. The number of aryl methyl sites for hydroxylation is 1. The summed E-state index contributed by atoms with van der Waals surface area (Å²) in [6, 6.07) is 2.09. The summed E-state index contributed by atoms with van der Waals surface area (Å²) in [6.07, 6.45) is 0. The minimum Gasteiger partial charge on any atom is -0.278 e. The van der Waals surface area contributed by atoms with Crippen LogP contribution in [-0.4, -0.2) is 46.8 Å². The van der Waals surface area contributed by atoms with E-state index in [1.807, 2.05) is 20.8 Å². The topological polar surface area (TPSA) is 144 Å². The van der Waals surface area contributed by atoms with Gasteiger partial charge in [-0.25, -0.2) is 4.68 Å². The van der Waals surface area contributed by atoms with Gasteiger partial charge in [0, 0.05) is 26.6 Å². The first-order valence-corrected chi connectivity index (χ1v) is 10.1. The van der Waals surface area contributed by atoms with Gasteiger partial charge in [-0.2, -0.15) is 28.2 Å². The highest BCUT2D eigenvalue weighted by Gasteiger charge is 2.25. The summed E-state index contributed by atoms with van der Waals surface area (Å²) < 4.78 is 29.4. The van der Waals surface area contributed by atoms with Crippen LogP contribution in [0.3, 0.4) is 0 Å². The third-order valence-electron chi connectivity index (χ3n) is 3.99. The molecule has 0 atom stereocenters. The molecule has 0 fully saturated rings. The van der Waals surface area contributed by atoms with Gasteiger partial charge in [-0.15, -0.1) is 10.2 Å². The van der Waals surface area contributed by atoms with Crippen LogP contribution < -0.4 is 4.72 Å². The molecule has 0 aromatic carbocycles. The summed E-state index contributed by atoms with van der Waals surface area (Å²) >= 11 is 0. The van der Waals surface area contributed by atoms with E-state index in [-0.39, 0.29) is 28.3 Å². The summed E-state index contributed by atoms with van der Waals surface area (Å²) in [6.45, 7) is 11.4. The van der Waals surface area contributed by atoms with Gasteiger partial charge in [0.1, 0.15) is 17.3 Å². The number of allylic oxidation sites excluding steroid dienone is 1. The number of hydrogen-bond acceptors (Lipinski definition) is 7. The zero-order chi connectivity index (χ0) is 22.1. The van der Waals surface area contributed by atoms with E-state index in [1.165, 1.54) is 18.8 Å². The SMILES string of the molecule is C=C(C)c1nn(C)c(NS(=O)(=O)N(C)C)c1N=Nc1n[nH]c(C(C)(C)C)c1C#N. The highest BCUT2D eigenvalue weighted by molar-refractivity contribution is 7.90. The van der Waals surface area contributed by atoms with E-state index in [1.54, 1.807) is 14.0 Å². The largest absolute Gasteiger partial charge is 0.302 e. The second-order valence-corrected chi connectivity index (χ2v) is 9.58. The lowest BCUT2D eigenvalue weighted by Crippen LogP contribution is -2.29. The summed E-state index contributed by atoms with van der Waals surface area (Å²) in [7, 11) is 0.571. The number of hydrogen-bond donors (Lipinski definition) is 2. The maximum atomic E-state index is 12.3. The molecule has 2 heterocycles. The van der Waals surface area contributed by atoms with Crippen molar-refractivity contribution < 1.29 is 8.42 Å². The highest BCUT2D eigenvalue weighted by atomic mass is 32.2. The molecule has 0 unspecified atom stereocenters. The van der Waals surface area contributed by atoms with Crippen molar-refractivity contribution in [3.63, 3.8) is 0 Å². The quantitative estimate of drug-likeness (QED) is 0.691. The standard InChI is InChI=1S/C17H25N9O2S/c1-10(2)12-13(16(26(8)23-12)24-29(27,28)25(6)7)19-21-15-11(9-18)14(20-22-15)17(3,4)5/h24H,1H2,2-8H3,(H,20,22). The monoisotopic (exact) mass is 419 g/mol. The number of azo groups is 1. The number of H-pyrrole nitrogens is 1. The lowest BCUT2D eigenvalue weighted by atomic mass is 9.90. The Hall–Kier alpha value is -3.04. The number of aromatic nitrogens is 4. The molecule has 0 amide bonds. The van der Waals surface area contributed by atoms with Crippen LogP contribution in [-0.2, 0) is 22.7 Å². The molecule has 12 heteroatoms. The Balaban J connectivity index is 2.60. The van der Waals surface area contributed by atoms with Gasteiger partial charge in [0.05, 0.1) is 5.69 Å². The minimum absolute atomic E-state index is 0.107. The van der Waals surface area contributed by atoms with Crippen molar-refractivity contribution in [2.45, 2.75) is 33.1 Å². The smallest absolute Gasteiger partial charge is 0.278 e. The highest BCUT2D eigenvalue weighted by Crippen LogP contribution is 2.36. The van der Waals surface area contributed by atoms with Gasteiger partial charge in [0.25, 0.3) is 0 Å². The third kappa shape index (κ3) is 4.52. The van der Waals surface area contributed by atoms with Gasteiger partial charge in [0.15, 0.2) is 11.5 Å². The molecule has 0 aliphatic rings. The minimum atomic E-state index is -3.80. The van der Waals surface area contributed by atoms with Crippen LogP contribution in [0, 0.1) is 11.3 Å². The maximum absolute atomic E-state index is 12.3. The van der Waals surface area contributed by atoms with Crippen LogP contribution in [0.5, 0.6) is 0 Å². The Morgan fingerprint density at radius 3 is 2.45 bits per heavy atom. The van der Waals surface area contributed by atoms with E-state index in [2.05, 4.69) is 42.9 Å². The van der Waals surface area contributed by atoms with Crippen molar-refractivity contribution in [2.24, 2.45) is 17.3 Å². The predicted octanol–water partition coefficient (Wildman–Crippen LogP) is 2.98. The fourth-order valence-electron chi connectivity index (χ4n) is 2.37. The molecule has 2 rings (SSSR count). The van der Waals surface area contributed by atoms with E-state index in [0.717, 1.165) is 4.31 Å². The Bertz CT molecular complexity index is 1110. The Labute approximate surface area is 170 Å². The first kappa shape index (κ1) is 22.3. The van der Waals surface area contributed by atoms with E-state index in [4.69, 9.17) is 0 Å². The first-order valence-electron chi connectivity index (χ1n) is 8.63. The summed E-state index contributed by atoms with van der Waals surface area (Å²) in [5.41, 5.74) is 1.69. The van der Waals surface area contributed by atoms with E-state index < -0.39 is 10.2 Å². The van der Waals surface area contributed by atoms with Gasteiger partial charge < -0.3 is 0 Å². The molecule has 0 saturated carbocycles.